The van der Waals surface area contributed by atoms with E-state index in [0.29, 0.717) is 16.7 Å². The molecule has 2 aliphatic rings. The van der Waals surface area contributed by atoms with Crippen LogP contribution in [-0.4, -0.2) is 26.2 Å². The highest BCUT2D eigenvalue weighted by Gasteiger charge is 2.20. The quantitative estimate of drug-likeness (QED) is 0.781. The maximum absolute atomic E-state index is 11.8. The van der Waals surface area contributed by atoms with Crippen LogP contribution in [0.3, 0.4) is 0 Å². The average Bonchev–Trinajstić information content (AvgIpc) is 2.76. The lowest BCUT2D eigenvalue weighted by atomic mass is 10.1. The van der Waals surface area contributed by atoms with Gasteiger partial charge in [-0.05, 0) is 29.3 Å². The molecule has 0 aliphatic heterocycles. The molecule has 20 heavy (non-hydrogen) atoms. The molecule has 2 rings (SSSR count). The zero-order chi connectivity index (χ0) is 14.7. The number of methoxy groups -OCH3 is 2. The van der Waals surface area contributed by atoms with Crippen molar-refractivity contribution in [3.8, 4) is 17.2 Å². The Bertz CT molecular complexity index is 700. The molecule has 100 valence electrons. The smallest absolute Gasteiger partial charge is 0.338 e. The average molecular weight is 269 g/mol. The highest BCUT2D eigenvalue weighted by molar-refractivity contribution is 6.04. The number of carbonyl (C=O) groups excluding carboxylic acids is 2. The molecule has 0 heterocycles. The van der Waals surface area contributed by atoms with Gasteiger partial charge >= 0.3 is 11.9 Å². The van der Waals surface area contributed by atoms with E-state index in [1.165, 1.54) is 26.4 Å². The minimum Gasteiger partial charge on any atom is -0.465 e. The van der Waals surface area contributed by atoms with Gasteiger partial charge in [-0.25, -0.2) is 9.59 Å². The first-order chi connectivity index (χ1) is 9.62. The van der Waals surface area contributed by atoms with Gasteiger partial charge in [0.15, 0.2) is 0 Å². The molecule has 0 atom stereocenters. The Morgan fingerprint density at radius 3 is 2.25 bits per heavy atom. The molecule has 5 nitrogen and oxygen atoms in total. The number of hydrogen-bond donors (Lipinski definition) is 0. The number of fused-ring (bicyclic) bond motifs is 1. The summed E-state index contributed by atoms with van der Waals surface area (Å²) in [6.45, 7) is 0. The largest absolute Gasteiger partial charge is 0.465 e. The second kappa shape index (κ2) is 5.41. The van der Waals surface area contributed by atoms with Gasteiger partial charge in [-0.2, -0.15) is 5.26 Å². The lowest BCUT2D eigenvalue weighted by molar-refractivity contribution is 0.0555. The third-order valence-electron chi connectivity index (χ3n) is 2.97. The Morgan fingerprint density at radius 1 is 1.00 bits per heavy atom. The van der Waals surface area contributed by atoms with Gasteiger partial charge in [0.05, 0.1) is 37.0 Å². The summed E-state index contributed by atoms with van der Waals surface area (Å²) in [7, 11) is 2.47. The predicted molar refractivity (Wildman–Crippen MR) is 70.5 cm³/mol. The molecule has 0 spiro atoms. The Hall–Kier alpha value is -2.87. The van der Waals surface area contributed by atoms with Crippen LogP contribution in [0.15, 0.2) is 30.3 Å². The van der Waals surface area contributed by atoms with Crippen molar-refractivity contribution in [3.63, 3.8) is 0 Å². The van der Waals surface area contributed by atoms with E-state index in [2.05, 4.69) is 15.5 Å². The van der Waals surface area contributed by atoms with Crippen molar-refractivity contribution in [2.24, 2.45) is 0 Å². The SMILES string of the molecule is COC(=O)c1ccc2c(C#N)ccc-2cc1C(=O)OC. The number of rotatable bonds is 2. The zero-order valence-electron chi connectivity index (χ0n) is 11.0. The fourth-order valence-electron chi connectivity index (χ4n) is 1.97. The Labute approximate surface area is 115 Å². The first kappa shape index (κ1) is 13.6. The molecule has 0 saturated heterocycles. The molecule has 5 heteroatoms. The normalized spacial score (nSPS) is 9.85. The summed E-state index contributed by atoms with van der Waals surface area (Å²) in [6, 6.07) is 10.0. The van der Waals surface area contributed by atoms with Gasteiger partial charge in [-0.3, -0.25) is 0 Å². The van der Waals surface area contributed by atoms with Crippen molar-refractivity contribution in [3.05, 3.63) is 47.0 Å². The molecule has 2 aliphatic carbocycles. The minimum atomic E-state index is -0.637. The molecule has 0 bridgehead atoms. The molecule has 0 fully saturated rings. The van der Waals surface area contributed by atoms with Crippen LogP contribution < -0.4 is 0 Å². The summed E-state index contributed by atoms with van der Waals surface area (Å²) in [6.07, 6.45) is 0. The van der Waals surface area contributed by atoms with Crippen molar-refractivity contribution in [1.82, 2.24) is 0 Å². The fraction of sp³-hybridized carbons (Fsp3) is 0.133. The van der Waals surface area contributed by atoms with E-state index < -0.39 is 11.9 Å². The van der Waals surface area contributed by atoms with Gasteiger partial charge < -0.3 is 9.47 Å². The van der Waals surface area contributed by atoms with Crippen LogP contribution in [0.2, 0.25) is 0 Å². The molecule has 0 aromatic carbocycles. The highest BCUT2D eigenvalue weighted by Crippen LogP contribution is 2.29. The van der Waals surface area contributed by atoms with E-state index >= 15 is 0 Å². The van der Waals surface area contributed by atoms with Crippen LogP contribution in [0.25, 0.3) is 11.1 Å². The second-order valence-corrected chi connectivity index (χ2v) is 4.02. The number of nitriles is 1. The summed E-state index contributed by atoms with van der Waals surface area (Å²) in [5, 5.41) is 9.02. The van der Waals surface area contributed by atoms with Gasteiger partial charge in [0, 0.05) is 0 Å². The van der Waals surface area contributed by atoms with Crippen molar-refractivity contribution in [2.75, 3.05) is 14.2 Å². The summed E-state index contributed by atoms with van der Waals surface area (Å²) in [4.78, 5) is 23.6. The van der Waals surface area contributed by atoms with Gasteiger partial charge in [0.2, 0.25) is 0 Å². The van der Waals surface area contributed by atoms with Crippen LogP contribution in [0.1, 0.15) is 26.3 Å². The van der Waals surface area contributed by atoms with Crippen molar-refractivity contribution < 1.29 is 19.1 Å². The number of carbonyl (C=O) groups is 2. The standard InChI is InChI=1S/C15H11NO4/c1-19-14(17)12-6-5-11-9(3-4-10(11)8-16)7-13(12)15(18)20-2/h3-7H,1-2H3. The Balaban J connectivity index is 2.75. The summed E-state index contributed by atoms with van der Waals surface area (Å²) in [5.74, 6) is -1.27. The monoisotopic (exact) mass is 269 g/mol. The van der Waals surface area contributed by atoms with Crippen LogP contribution in [0.5, 0.6) is 0 Å². The molecule has 0 aromatic rings. The van der Waals surface area contributed by atoms with E-state index in [9.17, 15) is 9.59 Å². The summed E-state index contributed by atoms with van der Waals surface area (Å²) in [5.41, 5.74) is 2.01. The summed E-state index contributed by atoms with van der Waals surface area (Å²) >= 11 is 0. The lowest BCUT2D eigenvalue weighted by Gasteiger charge is -2.02. The predicted octanol–water partition coefficient (Wildman–Crippen LogP) is 2.24. The molecule has 0 amide bonds. The molecule has 0 unspecified atom stereocenters. The third kappa shape index (κ3) is 2.19. The van der Waals surface area contributed by atoms with Crippen LogP contribution in [0.4, 0.5) is 0 Å². The zero-order valence-corrected chi connectivity index (χ0v) is 11.0. The van der Waals surface area contributed by atoms with Crippen LogP contribution in [-0.2, 0) is 9.47 Å². The topological polar surface area (TPSA) is 76.4 Å². The minimum absolute atomic E-state index is 0.0967. The van der Waals surface area contributed by atoms with E-state index in [4.69, 9.17) is 5.26 Å². The van der Waals surface area contributed by atoms with Crippen LogP contribution in [0, 0.1) is 11.3 Å². The number of esters is 2. The number of nitrogens with zero attached hydrogens (tertiary/aromatic N) is 1. The molecule has 0 aromatic heterocycles. The Kier molecular flexibility index (Phi) is 3.67. The lowest BCUT2D eigenvalue weighted by Crippen LogP contribution is -2.10. The number of hydrogen-bond acceptors (Lipinski definition) is 5. The van der Waals surface area contributed by atoms with Gasteiger partial charge in [0.1, 0.15) is 0 Å². The molecule has 0 N–H and O–H groups in total. The maximum Gasteiger partial charge on any atom is 0.338 e. The first-order valence-electron chi connectivity index (χ1n) is 5.76. The van der Waals surface area contributed by atoms with Crippen molar-refractivity contribution in [1.29, 1.82) is 5.26 Å². The van der Waals surface area contributed by atoms with Crippen molar-refractivity contribution in [2.45, 2.75) is 0 Å². The Morgan fingerprint density at radius 2 is 1.65 bits per heavy atom. The first-order valence-corrected chi connectivity index (χ1v) is 5.76. The molecular weight excluding hydrogens is 258 g/mol. The van der Waals surface area contributed by atoms with Crippen LogP contribution >= 0.6 is 0 Å². The second-order valence-electron chi connectivity index (χ2n) is 4.02. The fourth-order valence-corrected chi connectivity index (χ4v) is 1.97. The van der Waals surface area contributed by atoms with Crippen molar-refractivity contribution >= 4 is 11.9 Å². The molecule has 0 saturated carbocycles. The molecular formula is C15H11NO4. The van der Waals surface area contributed by atoms with Gasteiger partial charge in [-0.15, -0.1) is 0 Å². The number of ether oxygens (including phenoxy) is 2. The maximum atomic E-state index is 11.8. The van der Waals surface area contributed by atoms with Gasteiger partial charge in [0.25, 0.3) is 0 Å². The van der Waals surface area contributed by atoms with E-state index in [1.54, 1.807) is 18.2 Å². The summed E-state index contributed by atoms with van der Waals surface area (Å²) < 4.78 is 9.34. The third-order valence-corrected chi connectivity index (χ3v) is 2.97. The highest BCUT2D eigenvalue weighted by atomic mass is 16.5. The molecule has 0 radical (unpaired) electrons. The van der Waals surface area contributed by atoms with E-state index in [1.807, 2.05) is 0 Å². The van der Waals surface area contributed by atoms with E-state index in [0.717, 1.165) is 0 Å². The van der Waals surface area contributed by atoms with Gasteiger partial charge in [-0.1, -0.05) is 12.1 Å². The van der Waals surface area contributed by atoms with E-state index in [-0.39, 0.29) is 11.1 Å².